The molecular formula is C27H30. The maximum atomic E-state index is 2.30. The van der Waals surface area contributed by atoms with Gasteiger partial charge in [-0.3, -0.25) is 0 Å². The molecule has 0 heteroatoms. The van der Waals surface area contributed by atoms with Crippen LogP contribution in [0.3, 0.4) is 0 Å². The third-order valence-corrected chi connectivity index (χ3v) is 5.42. The highest BCUT2D eigenvalue weighted by molar-refractivity contribution is 6.00. The normalized spacial score (nSPS) is 12.1. The molecule has 0 amide bonds. The van der Waals surface area contributed by atoms with Gasteiger partial charge in [0.15, 0.2) is 0 Å². The van der Waals surface area contributed by atoms with Crippen molar-refractivity contribution in [2.45, 2.75) is 48.5 Å². The van der Waals surface area contributed by atoms with E-state index in [0.29, 0.717) is 0 Å². The van der Waals surface area contributed by atoms with E-state index in [0.717, 1.165) is 0 Å². The molecule has 0 N–H and O–H groups in total. The highest BCUT2D eigenvalue weighted by Crippen LogP contribution is 2.38. The molecule has 3 rings (SSSR count). The summed E-state index contributed by atoms with van der Waals surface area (Å²) in [5.74, 6) is 0. The SMILES string of the molecule is C/C(=C(\c1ccccc1)c1c(C)cc(C)cc1C)c1c(C)cc(C)cc1C. The maximum absolute atomic E-state index is 2.30. The second kappa shape index (κ2) is 7.56. The van der Waals surface area contributed by atoms with Gasteiger partial charge in [-0.05, 0) is 98.6 Å². The van der Waals surface area contributed by atoms with Crippen LogP contribution in [0.5, 0.6) is 0 Å². The van der Waals surface area contributed by atoms with Gasteiger partial charge in [0.25, 0.3) is 0 Å². The Morgan fingerprint density at radius 1 is 0.556 bits per heavy atom. The van der Waals surface area contributed by atoms with Crippen molar-refractivity contribution in [2.24, 2.45) is 0 Å². The fourth-order valence-electron chi connectivity index (χ4n) is 4.62. The zero-order valence-electron chi connectivity index (χ0n) is 17.7. The Bertz CT molecular complexity index is 971. The van der Waals surface area contributed by atoms with Gasteiger partial charge in [0, 0.05) is 0 Å². The van der Waals surface area contributed by atoms with Gasteiger partial charge in [-0.2, -0.15) is 0 Å². The summed E-state index contributed by atoms with van der Waals surface area (Å²) in [5.41, 5.74) is 14.7. The predicted molar refractivity (Wildman–Crippen MR) is 119 cm³/mol. The first kappa shape index (κ1) is 19.2. The van der Waals surface area contributed by atoms with Crippen molar-refractivity contribution in [1.29, 1.82) is 0 Å². The minimum absolute atomic E-state index is 1.28. The standard InChI is InChI=1S/C27H30/c1-17-13-19(3)25(20(4)14-17)23(7)27(24-11-9-8-10-12-24)26-21(5)15-18(2)16-22(26)6/h8-16H,1-7H3/b27-23-. The van der Waals surface area contributed by atoms with Gasteiger partial charge in [0.2, 0.25) is 0 Å². The summed E-state index contributed by atoms with van der Waals surface area (Å²) in [6.07, 6.45) is 0. The van der Waals surface area contributed by atoms with Crippen LogP contribution in [-0.2, 0) is 0 Å². The van der Waals surface area contributed by atoms with Crippen molar-refractivity contribution in [2.75, 3.05) is 0 Å². The Labute approximate surface area is 164 Å². The summed E-state index contributed by atoms with van der Waals surface area (Å²) < 4.78 is 0. The van der Waals surface area contributed by atoms with Crippen LogP contribution in [0, 0.1) is 41.5 Å². The molecule has 0 aliphatic heterocycles. The molecule has 138 valence electrons. The number of hydrogen-bond donors (Lipinski definition) is 0. The molecule has 0 heterocycles. The Hall–Kier alpha value is -2.60. The van der Waals surface area contributed by atoms with E-state index in [1.807, 2.05) is 0 Å². The molecule has 0 saturated carbocycles. The average molecular weight is 355 g/mol. The molecule has 0 unspecified atom stereocenters. The zero-order valence-corrected chi connectivity index (χ0v) is 17.7. The summed E-state index contributed by atoms with van der Waals surface area (Å²) in [6.45, 7) is 15.6. The van der Waals surface area contributed by atoms with E-state index in [4.69, 9.17) is 0 Å². The van der Waals surface area contributed by atoms with E-state index in [-0.39, 0.29) is 0 Å². The zero-order chi connectivity index (χ0) is 19.7. The second-order valence-electron chi connectivity index (χ2n) is 7.91. The quantitative estimate of drug-likeness (QED) is 0.427. The lowest BCUT2D eigenvalue weighted by molar-refractivity contribution is 1.27. The summed E-state index contributed by atoms with van der Waals surface area (Å²) >= 11 is 0. The highest BCUT2D eigenvalue weighted by Gasteiger charge is 2.17. The predicted octanol–water partition coefficient (Wildman–Crippen LogP) is 7.52. The van der Waals surface area contributed by atoms with E-state index in [1.54, 1.807) is 0 Å². The number of aryl methyl sites for hydroxylation is 6. The molecule has 0 spiro atoms. The molecule has 0 saturated heterocycles. The van der Waals surface area contributed by atoms with E-state index in [2.05, 4.69) is 103 Å². The van der Waals surface area contributed by atoms with Crippen LogP contribution in [0.1, 0.15) is 57.0 Å². The average Bonchev–Trinajstić information content (AvgIpc) is 2.57. The first-order valence-corrected chi connectivity index (χ1v) is 9.72. The number of benzene rings is 3. The van der Waals surface area contributed by atoms with Crippen LogP contribution in [0.25, 0.3) is 11.1 Å². The van der Waals surface area contributed by atoms with Crippen molar-refractivity contribution in [3.05, 3.63) is 105 Å². The lowest BCUT2D eigenvalue weighted by Crippen LogP contribution is -2.01. The van der Waals surface area contributed by atoms with Crippen LogP contribution < -0.4 is 0 Å². The van der Waals surface area contributed by atoms with Crippen LogP contribution in [0.2, 0.25) is 0 Å². The Morgan fingerprint density at radius 2 is 0.963 bits per heavy atom. The van der Waals surface area contributed by atoms with Crippen LogP contribution >= 0.6 is 0 Å². The molecule has 27 heavy (non-hydrogen) atoms. The Morgan fingerprint density at radius 3 is 1.41 bits per heavy atom. The van der Waals surface area contributed by atoms with Crippen molar-refractivity contribution in [3.63, 3.8) is 0 Å². The van der Waals surface area contributed by atoms with E-state index < -0.39 is 0 Å². The van der Waals surface area contributed by atoms with Crippen molar-refractivity contribution >= 4 is 11.1 Å². The third kappa shape index (κ3) is 3.76. The van der Waals surface area contributed by atoms with Crippen LogP contribution in [0.15, 0.2) is 54.6 Å². The number of allylic oxidation sites excluding steroid dienone is 1. The molecule has 0 atom stereocenters. The number of hydrogen-bond acceptors (Lipinski definition) is 0. The third-order valence-electron chi connectivity index (χ3n) is 5.42. The van der Waals surface area contributed by atoms with E-state index in [1.165, 1.54) is 61.2 Å². The van der Waals surface area contributed by atoms with Gasteiger partial charge in [0.1, 0.15) is 0 Å². The summed E-state index contributed by atoms with van der Waals surface area (Å²) in [7, 11) is 0. The van der Waals surface area contributed by atoms with E-state index in [9.17, 15) is 0 Å². The fraction of sp³-hybridized carbons (Fsp3) is 0.259. The topological polar surface area (TPSA) is 0 Å². The smallest absolute Gasteiger partial charge is 0.00706 e. The molecule has 0 aromatic heterocycles. The van der Waals surface area contributed by atoms with Gasteiger partial charge in [0.05, 0.1) is 0 Å². The monoisotopic (exact) mass is 354 g/mol. The summed E-state index contributed by atoms with van der Waals surface area (Å²) in [4.78, 5) is 0. The second-order valence-corrected chi connectivity index (χ2v) is 7.91. The van der Waals surface area contributed by atoms with Gasteiger partial charge < -0.3 is 0 Å². The minimum Gasteiger partial charge on any atom is -0.0622 e. The molecular weight excluding hydrogens is 324 g/mol. The van der Waals surface area contributed by atoms with Crippen LogP contribution in [-0.4, -0.2) is 0 Å². The van der Waals surface area contributed by atoms with E-state index >= 15 is 0 Å². The van der Waals surface area contributed by atoms with Gasteiger partial charge in [-0.1, -0.05) is 65.7 Å². The molecule has 0 aliphatic rings. The first-order chi connectivity index (χ1) is 12.8. The van der Waals surface area contributed by atoms with Crippen LogP contribution in [0.4, 0.5) is 0 Å². The lowest BCUT2D eigenvalue weighted by atomic mass is 9.83. The Kier molecular flexibility index (Phi) is 5.37. The molecule has 3 aromatic carbocycles. The van der Waals surface area contributed by atoms with Crippen molar-refractivity contribution in [1.82, 2.24) is 0 Å². The van der Waals surface area contributed by atoms with Gasteiger partial charge in [-0.15, -0.1) is 0 Å². The fourth-order valence-corrected chi connectivity index (χ4v) is 4.62. The minimum atomic E-state index is 1.28. The molecule has 3 aromatic rings. The molecule has 0 bridgehead atoms. The molecule has 0 nitrogen and oxygen atoms in total. The molecule has 0 aliphatic carbocycles. The number of rotatable bonds is 3. The largest absolute Gasteiger partial charge is 0.0622 e. The van der Waals surface area contributed by atoms with Gasteiger partial charge in [-0.25, -0.2) is 0 Å². The summed E-state index contributed by atoms with van der Waals surface area (Å²) in [5, 5.41) is 0. The summed E-state index contributed by atoms with van der Waals surface area (Å²) in [6, 6.07) is 20.0. The first-order valence-electron chi connectivity index (χ1n) is 9.72. The van der Waals surface area contributed by atoms with Gasteiger partial charge >= 0.3 is 0 Å². The Balaban J connectivity index is 2.41. The van der Waals surface area contributed by atoms with Crippen molar-refractivity contribution < 1.29 is 0 Å². The molecule has 0 fully saturated rings. The lowest BCUT2D eigenvalue weighted by Gasteiger charge is -2.21. The maximum Gasteiger partial charge on any atom is -0.00706 e. The highest BCUT2D eigenvalue weighted by atomic mass is 14.2. The van der Waals surface area contributed by atoms with Crippen molar-refractivity contribution in [3.8, 4) is 0 Å². The molecule has 0 radical (unpaired) electrons.